The van der Waals surface area contributed by atoms with Crippen molar-refractivity contribution in [2.75, 3.05) is 6.26 Å². The highest BCUT2D eigenvalue weighted by Crippen LogP contribution is 2.19. The number of imidazole rings is 1. The molecule has 0 aliphatic rings. The zero-order valence-electron chi connectivity index (χ0n) is 14.2. The maximum atomic E-state index is 12.4. The van der Waals surface area contributed by atoms with Crippen LogP contribution in [0.5, 0.6) is 0 Å². The third-order valence-corrected chi connectivity index (χ3v) is 4.52. The molecule has 0 aliphatic heterocycles. The summed E-state index contributed by atoms with van der Waals surface area (Å²) in [6.45, 7) is 0.234. The van der Waals surface area contributed by atoms with Crippen LogP contribution in [-0.4, -0.2) is 26.6 Å². The topological polar surface area (TPSA) is 90.1 Å². The van der Waals surface area contributed by atoms with E-state index < -0.39 is 4.92 Å². The van der Waals surface area contributed by atoms with Crippen molar-refractivity contribution in [3.05, 3.63) is 70.0 Å². The Hall–Kier alpha value is -2.87. The predicted octanol–water partition coefficient (Wildman–Crippen LogP) is 3.12. The minimum atomic E-state index is -0.443. The number of thioether (sulfide) groups is 1. The van der Waals surface area contributed by atoms with E-state index in [2.05, 4.69) is 10.3 Å². The van der Waals surface area contributed by atoms with Crippen molar-refractivity contribution in [3.63, 3.8) is 0 Å². The second-order valence-electron chi connectivity index (χ2n) is 5.70. The fourth-order valence-corrected chi connectivity index (χ4v) is 3.25. The molecule has 8 heteroatoms. The van der Waals surface area contributed by atoms with Gasteiger partial charge in [-0.2, -0.15) is 11.8 Å². The second kappa shape index (κ2) is 8.01. The van der Waals surface area contributed by atoms with Gasteiger partial charge in [0, 0.05) is 18.2 Å². The summed E-state index contributed by atoms with van der Waals surface area (Å²) in [5, 5.41) is 13.8. The van der Waals surface area contributed by atoms with Gasteiger partial charge < -0.3 is 9.88 Å². The number of para-hydroxylation sites is 3. The Bertz CT molecular complexity index is 955. The zero-order chi connectivity index (χ0) is 18.5. The van der Waals surface area contributed by atoms with Crippen molar-refractivity contribution >= 4 is 34.4 Å². The molecule has 3 rings (SSSR count). The Morgan fingerprint density at radius 2 is 1.96 bits per heavy atom. The fraction of sp³-hybridized carbons (Fsp3) is 0.222. The van der Waals surface area contributed by atoms with Crippen LogP contribution in [0.15, 0.2) is 48.5 Å². The molecule has 3 aromatic rings. The number of hydrogen-bond donors (Lipinski definition) is 1. The summed E-state index contributed by atoms with van der Waals surface area (Å²) >= 11 is 1.64. The molecule has 26 heavy (non-hydrogen) atoms. The van der Waals surface area contributed by atoms with Crippen LogP contribution >= 0.6 is 11.8 Å². The van der Waals surface area contributed by atoms with E-state index in [0.29, 0.717) is 11.3 Å². The van der Waals surface area contributed by atoms with Gasteiger partial charge in [-0.15, -0.1) is 0 Å². The summed E-state index contributed by atoms with van der Waals surface area (Å²) in [6.07, 6.45) is 1.98. The molecule has 0 unspecified atom stereocenters. The lowest BCUT2D eigenvalue weighted by Gasteiger charge is -2.10. The van der Waals surface area contributed by atoms with Crippen LogP contribution in [0.2, 0.25) is 0 Å². The quantitative estimate of drug-likeness (QED) is 0.510. The third-order valence-electron chi connectivity index (χ3n) is 3.97. The van der Waals surface area contributed by atoms with Gasteiger partial charge in [-0.1, -0.05) is 30.3 Å². The molecule has 1 amide bonds. The molecule has 1 heterocycles. The standard InChI is InChI=1S/C18H18N4O3S/c1-26-12-17-20-14-7-3-5-9-16(14)21(17)11-18(23)19-10-13-6-2-4-8-15(13)22(24)25/h2-9H,10-12H2,1H3,(H,19,23). The highest BCUT2D eigenvalue weighted by atomic mass is 32.2. The average molecular weight is 370 g/mol. The number of aromatic nitrogens is 2. The summed E-state index contributed by atoms with van der Waals surface area (Å²) in [4.78, 5) is 27.6. The Balaban J connectivity index is 1.76. The number of carbonyl (C=O) groups excluding carboxylic acids is 1. The molecular formula is C18H18N4O3S. The molecule has 7 nitrogen and oxygen atoms in total. The maximum absolute atomic E-state index is 12.4. The van der Waals surface area contributed by atoms with Gasteiger partial charge in [-0.3, -0.25) is 14.9 Å². The SMILES string of the molecule is CSCc1nc2ccccc2n1CC(=O)NCc1ccccc1[N+](=O)[O-]. The van der Waals surface area contributed by atoms with Crippen LogP contribution < -0.4 is 5.32 Å². The molecule has 1 aromatic heterocycles. The Kier molecular flexibility index (Phi) is 5.52. The Morgan fingerprint density at radius 3 is 2.73 bits per heavy atom. The van der Waals surface area contributed by atoms with E-state index in [-0.39, 0.29) is 24.7 Å². The lowest BCUT2D eigenvalue weighted by molar-refractivity contribution is -0.385. The minimum Gasteiger partial charge on any atom is -0.350 e. The van der Waals surface area contributed by atoms with Gasteiger partial charge in [-0.05, 0) is 18.4 Å². The summed E-state index contributed by atoms with van der Waals surface area (Å²) in [7, 11) is 0. The van der Waals surface area contributed by atoms with Gasteiger partial charge in [0.15, 0.2) is 0 Å². The molecule has 0 saturated carbocycles. The smallest absolute Gasteiger partial charge is 0.274 e. The van der Waals surface area contributed by atoms with Crippen LogP contribution in [0.25, 0.3) is 11.0 Å². The van der Waals surface area contributed by atoms with Gasteiger partial charge in [0.2, 0.25) is 5.91 Å². The van der Waals surface area contributed by atoms with Gasteiger partial charge in [-0.25, -0.2) is 4.98 Å². The van der Waals surface area contributed by atoms with Gasteiger partial charge in [0.05, 0.1) is 21.7 Å². The molecule has 134 valence electrons. The number of hydrogen-bond acceptors (Lipinski definition) is 5. The molecule has 0 fully saturated rings. The molecule has 0 bridgehead atoms. The van der Waals surface area contributed by atoms with Crippen LogP contribution in [0.3, 0.4) is 0 Å². The highest BCUT2D eigenvalue weighted by Gasteiger charge is 2.15. The van der Waals surface area contributed by atoms with Crippen molar-refractivity contribution in [2.24, 2.45) is 0 Å². The van der Waals surface area contributed by atoms with E-state index in [1.54, 1.807) is 30.0 Å². The van der Waals surface area contributed by atoms with Gasteiger partial charge in [0.1, 0.15) is 12.4 Å². The normalized spacial score (nSPS) is 10.8. The number of amides is 1. The summed E-state index contributed by atoms with van der Waals surface area (Å²) in [6, 6.07) is 14.1. The molecule has 0 aliphatic carbocycles. The number of rotatable bonds is 7. The van der Waals surface area contributed by atoms with Crippen molar-refractivity contribution in [2.45, 2.75) is 18.8 Å². The zero-order valence-corrected chi connectivity index (χ0v) is 15.0. The van der Waals surface area contributed by atoms with E-state index in [4.69, 9.17) is 0 Å². The Morgan fingerprint density at radius 1 is 1.23 bits per heavy atom. The van der Waals surface area contributed by atoms with E-state index >= 15 is 0 Å². The number of nitro benzene ring substituents is 1. The van der Waals surface area contributed by atoms with Crippen LogP contribution in [-0.2, 0) is 23.6 Å². The molecule has 1 N–H and O–H groups in total. The maximum Gasteiger partial charge on any atom is 0.274 e. The van der Waals surface area contributed by atoms with Gasteiger partial charge in [0.25, 0.3) is 5.69 Å². The summed E-state index contributed by atoms with van der Waals surface area (Å²) < 4.78 is 1.89. The number of benzene rings is 2. The molecule has 0 radical (unpaired) electrons. The Labute approximate surface area is 154 Å². The number of nitrogens with one attached hydrogen (secondary N) is 1. The molecule has 0 saturated heterocycles. The predicted molar refractivity (Wildman–Crippen MR) is 102 cm³/mol. The highest BCUT2D eigenvalue weighted by molar-refractivity contribution is 7.97. The molecule has 0 atom stereocenters. The van der Waals surface area contributed by atoms with Crippen LogP contribution in [0.1, 0.15) is 11.4 Å². The second-order valence-corrected chi connectivity index (χ2v) is 6.56. The largest absolute Gasteiger partial charge is 0.350 e. The minimum absolute atomic E-state index is 0.00366. The van der Waals surface area contributed by atoms with Crippen LogP contribution in [0.4, 0.5) is 5.69 Å². The van der Waals surface area contributed by atoms with Crippen molar-refractivity contribution in [3.8, 4) is 0 Å². The molecular weight excluding hydrogens is 352 g/mol. The van der Waals surface area contributed by atoms with Crippen molar-refractivity contribution < 1.29 is 9.72 Å². The van der Waals surface area contributed by atoms with E-state index in [1.165, 1.54) is 6.07 Å². The van der Waals surface area contributed by atoms with Crippen molar-refractivity contribution in [1.29, 1.82) is 0 Å². The number of fused-ring (bicyclic) bond motifs is 1. The van der Waals surface area contributed by atoms with E-state index in [9.17, 15) is 14.9 Å². The van der Waals surface area contributed by atoms with E-state index in [1.807, 2.05) is 35.1 Å². The fourth-order valence-electron chi connectivity index (χ4n) is 2.77. The first-order valence-electron chi connectivity index (χ1n) is 8.02. The lowest BCUT2D eigenvalue weighted by Crippen LogP contribution is -2.28. The number of nitrogens with zero attached hydrogens (tertiary/aromatic N) is 3. The third kappa shape index (κ3) is 3.85. The molecule has 2 aromatic carbocycles. The number of carbonyl (C=O) groups is 1. The monoisotopic (exact) mass is 370 g/mol. The van der Waals surface area contributed by atoms with E-state index in [0.717, 1.165) is 16.9 Å². The summed E-state index contributed by atoms with van der Waals surface area (Å²) in [5.74, 6) is 1.32. The first-order chi connectivity index (χ1) is 12.6. The molecule has 0 spiro atoms. The van der Waals surface area contributed by atoms with Crippen molar-refractivity contribution in [1.82, 2.24) is 14.9 Å². The first-order valence-corrected chi connectivity index (χ1v) is 9.41. The van der Waals surface area contributed by atoms with Crippen LogP contribution in [0, 0.1) is 10.1 Å². The first kappa shape index (κ1) is 17.9. The van der Waals surface area contributed by atoms with Gasteiger partial charge >= 0.3 is 0 Å². The average Bonchev–Trinajstić information content (AvgIpc) is 2.98. The lowest BCUT2D eigenvalue weighted by atomic mass is 10.2. The number of nitro groups is 1. The summed E-state index contributed by atoms with van der Waals surface area (Å²) in [5.41, 5.74) is 2.23.